The number of amides is 1. The Morgan fingerprint density at radius 3 is 2.48 bits per heavy atom. The van der Waals surface area contributed by atoms with E-state index in [1.807, 2.05) is 11.0 Å². The number of carbonyl (C=O) groups excluding carboxylic acids is 1. The number of hydrogen-bond donors (Lipinski definition) is 1. The molecule has 1 aliphatic heterocycles. The summed E-state index contributed by atoms with van der Waals surface area (Å²) in [6, 6.07) is 10.4. The largest absolute Gasteiger partial charge is 0.336 e. The highest BCUT2D eigenvalue weighted by atomic mass is 35.5. The first-order chi connectivity index (χ1) is 10.1. The quantitative estimate of drug-likeness (QED) is 0.876. The van der Waals surface area contributed by atoms with E-state index in [2.05, 4.69) is 43.0 Å². The molecular formula is C17H29Cl2N3O. The molecule has 2 unspecified atom stereocenters. The molecule has 1 amide bonds. The average molecular weight is 362 g/mol. The van der Waals surface area contributed by atoms with Crippen LogP contribution in [0.2, 0.25) is 0 Å². The van der Waals surface area contributed by atoms with Crippen LogP contribution >= 0.6 is 24.8 Å². The molecule has 4 nitrogen and oxygen atoms in total. The zero-order valence-electron chi connectivity index (χ0n) is 14.0. The molecule has 2 N–H and O–H groups in total. The van der Waals surface area contributed by atoms with E-state index in [0.717, 1.165) is 39.0 Å². The molecule has 6 heteroatoms. The number of hydrogen-bond acceptors (Lipinski definition) is 3. The molecule has 1 aromatic rings. The molecule has 2 atom stereocenters. The number of piperazine rings is 1. The molecule has 1 aromatic carbocycles. The number of benzene rings is 1. The Labute approximate surface area is 152 Å². The van der Waals surface area contributed by atoms with Gasteiger partial charge in [0.1, 0.15) is 0 Å². The molecule has 2 rings (SSSR count). The van der Waals surface area contributed by atoms with Crippen molar-refractivity contribution in [2.24, 2.45) is 5.73 Å². The van der Waals surface area contributed by atoms with Gasteiger partial charge in [-0.2, -0.15) is 0 Å². The smallest absolute Gasteiger partial charge is 0.239 e. The predicted octanol–water partition coefficient (Wildman–Crippen LogP) is 2.69. The summed E-state index contributed by atoms with van der Waals surface area (Å²) in [4.78, 5) is 16.7. The molecule has 1 heterocycles. The fourth-order valence-electron chi connectivity index (χ4n) is 2.99. The lowest BCUT2D eigenvalue weighted by Gasteiger charge is -2.41. The van der Waals surface area contributed by atoms with E-state index in [4.69, 9.17) is 5.73 Å². The predicted molar refractivity (Wildman–Crippen MR) is 100 cm³/mol. The first-order valence-corrected chi connectivity index (χ1v) is 7.94. The molecule has 0 saturated carbocycles. The summed E-state index contributed by atoms with van der Waals surface area (Å²) in [6.07, 6.45) is 1.73. The second kappa shape index (κ2) is 10.9. The van der Waals surface area contributed by atoms with Crippen molar-refractivity contribution in [1.29, 1.82) is 0 Å². The minimum atomic E-state index is -0.335. The molecule has 23 heavy (non-hydrogen) atoms. The molecule has 0 aliphatic carbocycles. The maximum atomic E-state index is 12.3. The summed E-state index contributed by atoms with van der Waals surface area (Å²) >= 11 is 0. The third kappa shape index (κ3) is 6.30. The fraction of sp³-hybridized carbons (Fsp3) is 0.588. The van der Waals surface area contributed by atoms with Gasteiger partial charge in [0.25, 0.3) is 0 Å². The molecule has 0 bridgehead atoms. The van der Waals surface area contributed by atoms with Crippen LogP contribution < -0.4 is 5.73 Å². The maximum absolute atomic E-state index is 12.3. The Kier molecular flexibility index (Phi) is 10.5. The molecule has 0 radical (unpaired) electrons. The Morgan fingerprint density at radius 1 is 1.26 bits per heavy atom. The zero-order valence-corrected chi connectivity index (χ0v) is 15.6. The van der Waals surface area contributed by atoms with Gasteiger partial charge in [-0.25, -0.2) is 0 Å². The van der Waals surface area contributed by atoms with E-state index >= 15 is 0 Å². The minimum Gasteiger partial charge on any atom is -0.336 e. The van der Waals surface area contributed by atoms with Crippen molar-refractivity contribution < 1.29 is 4.79 Å². The van der Waals surface area contributed by atoms with Crippen LogP contribution in [-0.4, -0.2) is 47.4 Å². The van der Waals surface area contributed by atoms with Crippen molar-refractivity contribution in [1.82, 2.24) is 9.80 Å². The van der Waals surface area contributed by atoms with E-state index in [1.165, 1.54) is 5.56 Å². The fourth-order valence-corrected chi connectivity index (χ4v) is 2.99. The standard InChI is InChI=1S/C17H27N3O.2ClH/c1-3-7-16(18)17(21)20-11-10-19(12-14(20)2)13-15-8-5-4-6-9-15;;/h4-6,8-9,14,16H,3,7,10-13,18H2,1-2H3;2*1H. The molecular weight excluding hydrogens is 333 g/mol. The van der Waals surface area contributed by atoms with Crippen LogP contribution in [0.1, 0.15) is 32.3 Å². The summed E-state index contributed by atoms with van der Waals surface area (Å²) < 4.78 is 0. The van der Waals surface area contributed by atoms with Crippen LogP contribution in [0.5, 0.6) is 0 Å². The van der Waals surface area contributed by atoms with Gasteiger partial charge in [-0.15, -0.1) is 24.8 Å². The van der Waals surface area contributed by atoms with Crippen molar-refractivity contribution in [2.75, 3.05) is 19.6 Å². The highest BCUT2D eigenvalue weighted by Crippen LogP contribution is 2.14. The summed E-state index contributed by atoms with van der Waals surface area (Å²) in [6.45, 7) is 7.75. The monoisotopic (exact) mass is 361 g/mol. The molecule has 0 spiro atoms. The first-order valence-electron chi connectivity index (χ1n) is 7.94. The lowest BCUT2D eigenvalue weighted by molar-refractivity contribution is -0.137. The Hall–Kier alpha value is -0.810. The average Bonchev–Trinajstić information content (AvgIpc) is 2.48. The minimum absolute atomic E-state index is 0. The molecule has 132 valence electrons. The summed E-state index contributed by atoms with van der Waals surface area (Å²) in [7, 11) is 0. The molecule has 0 aromatic heterocycles. The summed E-state index contributed by atoms with van der Waals surface area (Å²) in [5.74, 6) is 0.115. The van der Waals surface area contributed by atoms with Crippen LogP contribution in [0.4, 0.5) is 0 Å². The van der Waals surface area contributed by atoms with E-state index in [9.17, 15) is 4.79 Å². The lowest BCUT2D eigenvalue weighted by atomic mass is 10.1. The van der Waals surface area contributed by atoms with E-state index in [1.54, 1.807) is 0 Å². The third-order valence-electron chi connectivity index (χ3n) is 4.16. The Balaban J connectivity index is 0.00000242. The van der Waals surface area contributed by atoms with Crippen LogP contribution in [0.25, 0.3) is 0 Å². The highest BCUT2D eigenvalue weighted by molar-refractivity contribution is 5.85. The van der Waals surface area contributed by atoms with Gasteiger partial charge in [0, 0.05) is 32.2 Å². The molecule has 1 aliphatic rings. The SMILES string of the molecule is CCCC(N)C(=O)N1CCN(Cc2ccccc2)CC1C.Cl.Cl. The van der Waals surface area contributed by atoms with Gasteiger partial charge in [0.15, 0.2) is 0 Å². The first kappa shape index (κ1) is 22.2. The van der Waals surface area contributed by atoms with Crippen molar-refractivity contribution >= 4 is 30.7 Å². The number of nitrogens with zero attached hydrogens (tertiary/aromatic N) is 2. The van der Waals surface area contributed by atoms with Crippen LogP contribution in [0.15, 0.2) is 30.3 Å². The topological polar surface area (TPSA) is 49.6 Å². The van der Waals surface area contributed by atoms with Crippen LogP contribution in [-0.2, 0) is 11.3 Å². The van der Waals surface area contributed by atoms with E-state index in [0.29, 0.717) is 0 Å². The maximum Gasteiger partial charge on any atom is 0.239 e. The van der Waals surface area contributed by atoms with Gasteiger partial charge in [-0.3, -0.25) is 9.69 Å². The van der Waals surface area contributed by atoms with Crippen molar-refractivity contribution in [3.63, 3.8) is 0 Å². The highest BCUT2D eigenvalue weighted by Gasteiger charge is 2.29. The van der Waals surface area contributed by atoms with Gasteiger partial charge in [0.05, 0.1) is 6.04 Å². The van der Waals surface area contributed by atoms with E-state index in [-0.39, 0.29) is 42.8 Å². The Bertz CT molecular complexity index is 458. The van der Waals surface area contributed by atoms with Gasteiger partial charge in [0.2, 0.25) is 5.91 Å². The number of rotatable bonds is 5. The lowest BCUT2D eigenvalue weighted by Crippen LogP contribution is -2.57. The summed E-state index contributed by atoms with van der Waals surface area (Å²) in [5.41, 5.74) is 7.30. The van der Waals surface area contributed by atoms with Gasteiger partial charge in [-0.1, -0.05) is 43.7 Å². The Morgan fingerprint density at radius 2 is 1.91 bits per heavy atom. The van der Waals surface area contributed by atoms with Crippen LogP contribution in [0.3, 0.4) is 0 Å². The summed E-state index contributed by atoms with van der Waals surface area (Å²) in [5, 5.41) is 0. The van der Waals surface area contributed by atoms with Crippen molar-refractivity contribution in [3.8, 4) is 0 Å². The number of nitrogens with two attached hydrogens (primary N) is 1. The zero-order chi connectivity index (χ0) is 15.2. The van der Waals surface area contributed by atoms with Gasteiger partial charge in [-0.05, 0) is 18.9 Å². The molecule has 1 fully saturated rings. The third-order valence-corrected chi connectivity index (χ3v) is 4.16. The number of carbonyl (C=O) groups is 1. The second-order valence-electron chi connectivity index (χ2n) is 6.00. The van der Waals surface area contributed by atoms with Crippen molar-refractivity contribution in [2.45, 2.75) is 45.3 Å². The number of halogens is 2. The van der Waals surface area contributed by atoms with Crippen molar-refractivity contribution in [3.05, 3.63) is 35.9 Å². The second-order valence-corrected chi connectivity index (χ2v) is 6.00. The normalized spacial score (nSPS) is 19.4. The van der Waals surface area contributed by atoms with Gasteiger partial charge < -0.3 is 10.6 Å². The van der Waals surface area contributed by atoms with E-state index < -0.39 is 0 Å². The van der Waals surface area contributed by atoms with Gasteiger partial charge >= 0.3 is 0 Å². The van der Waals surface area contributed by atoms with Crippen LogP contribution in [0, 0.1) is 0 Å². The molecule has 1 saturated heterocycles.